The third-order valence-corrected chi connectivity index (χ3v) is 3.65. The molecule has 24 heavy (non-hydrogen) atoms. The van der Waals surface area contributed by atoms with Crippen molar-refractivity contribution in [2.75, 3.05) is 7.11 Å². The van der Waals surface area contributed by atoms with Crippen molar-refractivity contribution in [3.8, 4) is 11.3 Å². The minimum absolute atomic E-state index is 0.218. The molecule has 0 saturated heterocycles. The molecule has 0 atom stereocenters. The molecule has 1 heterocycles. The number of ether oxygens (including phenoxy) is 1. The van der Waals surface area contributed by atoms with E-state index in [1.165, 1.54) is 13.2 Å². The van der Waals surface area contributed by atoms with E-state index in [-0.39, 0.29) is 5.02 Å². The Bertz CT molecular complexity index is 880. The number of nitrogens with zero attached hydrogens (tertiary/aromatic N) is 1. The lowest BCUT2D eigenvalue weighted by Gasteiger charge is -2.09. The Kier molecular flexibility index (Phi) is 5.88. The molecule has 0 N–H and O–H groups in total. The zero-order chi connectivity index (χ0) is 17.7. The molecule has 3 aromatic rings. The second-order valence-corrected chi connectivity index (χ2v) is 5.12. The maximum absolute atomic E-state index is 13.2. The van der Waals surface area contributed by atoms with Gasteiger partial charge in [-0.2, -0.15) is 0 Å². The number of hydrogen-bond donors (Lipinski definition) is 0. The van der Waals surface area contributed by atoms with Crippen LogP contribution in [0.15, 0.2) is 48.7 Å². The fourth-order valence-corrected chi connectivity index (χ4v) is 2.59. The Morgan fingerprint density at radius 1 is 1.17 bits per heavy atom. The summed E-state index contributed by atoms with van der Waals surface area (Å²) in [7, 11) is 1.33. The number of aromatic nitrogens is 1. The molecule has 0 aliphatic carbocycles. The summed E-state index contributed by atoms with van der Waals surface area (Å²) in [6, 6.07) is 12.1. The highest BCUT2D eigenvalue weighted by atomic mass is 35.5. The Labute approximate surface area is 145 Å². The maximum Gasteiger partial charge on any atom is 0.337 e. The van der Waals surface area contributed by atoms with Gasteiger partial charge in [0.2, 0.25) is 0 Å². The Morgan fingerprint density at radius 2 is 1.92 bits per heavy atom. The van der Waals surface area contributed by atoms with Crippen molar-refractivity contribution in [3.05, 3.63) is 65.1 Å². The van der Waals surface area contributed by atoms with Gasteiger partial charge in [-0.25, -0.2) is 9.18 Å². The molecule has 124 valence electrons. The third-order valence-electron chi connectivity index (χ3n) is 3.37. The highest BCUT2D eigenvalue weighted by Crippen LogP contribution is 2.32. The molecular weight excluding hydrogens is 329 g/mol. The van der Waals surface area contributed by atoms with Crippen LogP contribution in [0.4, 0.5) is 4.39 Å². The Hall–Kier alpha value is -2.46. The van der Waals surface area contributed by atoms with Crippen LogP contribution in [0, 0.1) is 5.82 Å². The number of carbonyl (C=O) groups is 1. The summed E-state index contributed by atoms with van der Waals surface area (Å²) in [5.41, 5.74) is 1.63. The first-order chi connectivity index (χ1) is 11.6. The lowest BCUT2D eigenvalue weighted by Crippen LogP contribution is -2.00. The summed E-state index contributed by atoms with van der Waals surface area (Å²) in [6.07, 6.45) is 1.12. The van der Waals surface area contributed by atoms with Gasteiger partial charge in [-0.05, 0) is 29.0 Å². The summed E-state index contributed by atoms with van der Waals surface area (Å²) in [6.45, 7) is 4.00. The van der Waals surface area contributed by atoms with Crippen molar-refractivity contribution in [2.24, 2.45) is 0 Å². The highest BCUT2D eigenvalue weighted by molar-refractivity contribution is 6.33. The first-order valence-electron chi connectivity index (χ1n) is 7.52. The molecule has 0 radical (unpaired) electrons. The quantitative estimate of drug-likeness (QED) is 0.575. The van der Waals surface area contributed by atoms with Crippen LogP contribution in [-0.4, -0.2) is 18.1 Å². The molecule has 3 nitrogen and oxygen atoms in total. The van der Waals surface area contributed by atoms with Crippen LogP contribution < -0.4 is 0 Å². The van der Waals surface area contributed by atoms with Crippen molar-refractivity contribution in [2.45, 2.75) is 13.8 Å². The van der Waals surface area contributed by atoms with Gasteiger partial charge in [-0.1, -0.05) is 49.7 Å². The number of hydrogen-bond acceptors (Lipinski definition) is 3. The molecule has 0 aliphatic rings. The molecule has 0 saturated carbocycles. The van der Waals surface area contributed by atoms with Gasteiger partial charge in [0, 0.05) is 5.56 Å². The number of fused-ring (bicyclic) bond motifs is 1. The minimum atomic E-state index is -0.496. The van der Waals surface area contributed by atoms with Crippen molar-refractivity contribution < 1.29 is 13.9 Å². The van der Waals surface area contributed by atoms with E-state index in [0.29, 0.717) is 11.3 Å². The lowest BCUT2D eigenvalue weighted by atomic mass is 9.99. The molecule has 0 bridgehead atoms. The van der Waals surface area contributed by atoms with E-state index >= 15 is 0 Å². The van der Waals surface area contributed by atoms with Gasteiger partial charge in [0.1, 0.15) is 5.82 Å². The van der Waals surface area contributed by atoms with Crippen molar-refractivity contribution >= 4 is 28.3 Å². The van der Waals surface area contributed by atoms with Gasteiger partial charge < -0.3 is 4.74 Å². The van der Waals surface area contributed by atoms with Crippen molar-refractivity contribution in [3.63, 3.8) is 0 Å². The summed E-state index contributed by atoms with van der Waals surface area (Å²) in [5.74, 6) is -0.917. The Balaban J connectivity index is 0.00000100. The van der Waals surface area contributed by atoms with Gasteiger partial charge in [0.25, 0.3) is 0 Å². The molecule has 1 aromatic heterocycles. The second-order valence-electron chi connectivity index (χ2n) is 4.72. The number of carbonyl (C=O) groups excluding carboxylic acids is 1. The van der Waals surface area contributed by atoms with Gasteiger partial charge in [0.15, 0.2) is 0 Å². The predicted molar refractivity (Wildman–Crippen MR) is 94.8 cm³/mol. The maximum atomic E-state index is 13.2. The van der Waals surface area contributed by atoms with Crippen LogP contribution in [-0.2, 0) is 4.74 Å². The summed E-state index contributed by atoms with van der Waals surface area (Å²) >= 11 is 6.10. The topological polar surface area (TPSA) is 39.2 Å². The van der Waals surface area contributed by atoms with Crippen LogP contribution in [0.3, 0.4) is 0 Å². The standard InChI is InChI=1S/C17H11ClFNO2.C2H6/c1-22-17(21)11-6-5-10-3-2-4-13(14(10)7-11)16-15(18)8-12(19)9-20-16;1-2/h2-9H,1H3;1-2H3. The molecule has 0 spiro atoms. The summed E-state index contributed by atoms with van der Waals surface area (Å²) in [5, 5.41) is 1.94. The number of pyridine rings is 1. The zero-order valence-corrected chi connectivity index (χ0v) is 14.4. The molecule has 5 heteroatoms. The van der Waals surface area contributed by atoms with E-state index < -0.39 is 11.8 Å². The van der Waals surface area contributed by atoms with Crippen LogP contribution in [0.2, 0.25) is 5.02 Å². The van der Waals surface area contributed by atoms with E-state index in [1.54, 1.807) is 12.1 Å². The second kappa shape index (κ2) is 7.88. The first kappa shape index (κ1) is 17.9. The van der Waals surface area contributed by atoms with Crippen LogP contribution in [0.1, 0.15) is 24.2 Å². The lowest BCUT2D eigenvalue weighted by molar-refractivity contribution is 0.0601. The van der Waals surface area contributed by atoms with Crippen LogP contribution in [0.25, 0.3) is 22.0 Å². The smallest absolute Gasteiger partial charge is 0.337 e. The summed E-state index contributed by atoms with van der Waals surface area (Å²) in [4.78, 5) is 15.8. The van der Waals surface area contributed by atoms with E-state index in [0.717, 1.165) is 22.5 Å². The number of rotatable bonds is 2. The van der Waals surface area contributed by atoms with Gasteiger partial charge in [-0.3, -0.25) is 4.98 Å². The fraction of sp³-hybridized carbons (Fsp3) is 0.158. The molecule has 2 aromatic carbocycles. The molecule has 3 rings (SSSR count). The first-order valence-corrected chi connectivity index (χ1v) is 7.90. The minimum Gasteiger partial charge on any atom is -0.465 e. The molecule has 0 aliphatic heterocycles. The number of methoxy groups -OCH3 is 1. The van der Waals surface area contributed by atoms with Crippen molar-refractivity contribution in [1.29, 1.82) is 0 Å². The van der Waals surface area contributed by atoms with E-state index in [2.05, 4.69) is 4.98 Å². The monoisotopic (exact) mass is 345 g/mol. The number of benzene rings is 2. The fourth-order valence-electron chi connectivity index (χ4n) is 2.34. The largest absolute Gasteiger partial charge is 0.465 e. The zero-order valence-electron chi connectivity index (χ0n) is 13.6. The number of esters is 1. The summed E-state index contributed by atoms with van der Waals surface area (Å²) < 4.78 is 17.9. The normalized spacial score (nSPS) is 10.0. The molecule has 0 amide bonds. The van der Waals surface area contributed by atoms with Gasteiger partial charge in [-0.15, -0.1) is 0 Å². The van der Waals surface area contributed by atoms with Crippen molar-refractivity contribution in [1.82, 2.24) is 4.98 Å². The van der Waals surface area contributed by atoms with E-state index in [1.807, 2.05) is 38.1 Å². The third kappa shape index (κ3) is 3.54. The Morgan fingerprint density at radius 3 is 2.58 bits per heavy atom. The predicted octanol–water partition coefficient (Wildman–Crippen LogP) is 5.51. The van der Waals surface area contributed by atoms with E-state index in [4.69, 9.17) is 16.3 Å². The van der Waals surface area contributed by atoms with Crippen LogP contribution in [0.5, 0.6) is 0 Å². The average Bonchev–Trinajstić information content (AvgIpc) is 2.62. The molecule has 0 fully saturated rings. The number of halogens is 2. The van der Waals surface area contributed by atoms with Crippen LogP contribution >= 0.6 is 11.6 Å². The van der Waals surface area contributed by atoms with Gasteiger partial charge >= 0.3 is 5.97 Å². The average molecular weight is 346 g/mol. The highest BCUT2D eigenvalue weighted by Gasteiger charge is 2.12. The molecular formula is C19H17ClFNO2. The van der Waals surface area contributed by atoms with E-state index in [9.17, 15) is 9.18 Å². The van der Waals surface area contributed by atoms with Gasteiger partial charge in [0.05, 0.1) is 29.6 Å². The SMILES string of the molecule is CC.COC(=O)c1ccc2cccc(-c3ncc(F)cc3Cl)c2c1. The molecule has 0 unspecified atom stereocenters.